The molecule has 1 aliphatic heterocycles. The molecule has 1 aliphatic rings. The van der Waals surface area contributed by atoms with E-state index < -0.39 is 0 Å². The number of carbonyl (C=O) groups excluding carboxylic acids is 1. The minimum absolute atomic E-state index is 0.0525. The molecule has 0 aliphatic carbocycles. The van der Waals surface area contributed by atoms with Gasteiger partial charge in [0.05, 0.1) is 12.6 Å². The Morgan fingerprint density at radius 1 is 1.25 bits per heavy atom. The highest BCUT2D eigenvalue weighted by Gasteiger charge is 2.27. The molecule has 0 aromatic heterocycles. The maximum atomic E-state index is 12.2. The van der Waals surface area contributed by atoms with Gasteiger partial charge < -0.3 is 10.1 Å². The lowest BCUT2D eigenvalue weighted by Gasteiger charge is -2.38. The SMILES string of the molecule is CCOCCN1CCN(C(C)C(=O)NC(C)(C)C)CC1. The van der Waals surface area contributed by atoms with Gasteiger partial charge in [-0.2, -0.15) is 0 Å². The van der Waals surface area contributed by atoms with Crippen molar-refractivity contribution >= 4 is 5.91 Å². The van der Waals surface area contributed by atoms with Crippen LogP contribution >= 0.6 is 0 Å². The predicted molar refractivity (Wildman–Crippen MR) is 81.9 cm³/mol. The summed E-state index contributed by atoms with van der Waals surface area (Å²) in [6.45, 7) is 16.6. The molecule has 20 heavy (non-hydrogen) atoms. The lowest BCUT2D eigenvalue weighted by atomic mass is 10.1. The van der Waals surface area contributed by atoms with Crippen LogP contribution in [0.25, 0.3) is 0 Å². The summed E-state index contributed by atoms with van der Waals surface area (Å²) in [4.78, 5) is 16.8. The second-order valence-corrected chi connectivity index (χ2v) is 6.49. The van der Waals surface area contributed by atoms with Crippen LogP contribution in [0.3, 0.4) is 0 Å². The van der Waals surface area contributed by atoms with E-state index in [0.717, 1.165) is 45.9 Å². The van der Waals surface area contributed by atoms with Crippen LogP contribution in [0.4, 0.5) is 0 Å². The number of ether oxygens (including phenoxy) is 1. The van der Waals surface area contributed by atoms with Gasteiger partial charge in [-0.1, -0.05) is 0 Å². The average molecular weight is 285 g/mol. The molecular formula is C15H31N3O2. The first-order chi connectivity index (χ1) is 9.33. The number of piperazine rings is 1. The Hall–Kier alpha value is -0.650. The third-order valence-corrected chi connectivity index (χ3v) is 3.59. The minimum atomic E-state index is -0.162. The van der Waals surface area contributed by atoms with Crippen molar-refractivity contribution in [2.45, 2.75) is 46.2 Å². The summed E-state index contributed by atoms with van der Waals surface area (Å²) in [6.07, 6.45) is 0. The molecule has 5 nitrogen and oxygen atoms in total. The first-order valence-electron chi connectivity index (χ1n) is 7.69. The van der Waals surface area contributed by atoms with Crippen LogP contribution in [-0.4, -0.2) is 73.2 Å². The molecule has 1 heterocycles. The zero-order chi connectivity index (χ0) is 15.2. The maximum absolute atomic E-state index is 12.2. The van der Waals surface area contributed by atoms with Crippen LogP contribution in [0, 0.1) is 0 Å². The van der Waals surface area contributed by atoms with Gasteiger partial charge in [0.2, 0.25) is 5.91 Å². The van der Waals surface area contributed by atoms with Crippen LogP contribution in [0.1, 0.15) is 34.6 Å². The second kappa shape index (κ2) is 7.96. The Morgan fingerprint density at radius 3 is 2.35 bits per heavy atom. The number of nitrogens with one attached hydrogen (secondary N) is 1. The van der Waals surface area contributed by atoms with Gasteiger partial charge in [0, 0.05) is 44.9 Å². The summed E-state index contributed by atoms with van der Waals surface area (Å²) in [5, 5.41) is 3.06. The molecule has 1 unspecified atom stereocenters. The lowest BCUT2D eigenvalue weighted by Crippen LogP contribution is -2.56. The van der Waals surface area contributed by atoms with Gasteiger partial charge >= 0.3 is 0 Å². The van der Waals surface area contributed by atoms with Crippen LogP contribution < -0.4 is 5.32 Å². The van der Waals surface area contributed by atoms with E-state index in [1.165, 1.54) is 0 Å². The molecule has 0 radical (unpaired) electrons. The van der Waals surface area contributed by atoms with Crippen molar-refractivity contribution in [2.75, 3.05) is 45.9 Å². The van der Waals surface area contributed by atoms with Crippen molar-refractivity contribution in [3.8, 4) is 0 Å². The molecule has 5 heteroatoms. The quantitative estimate of drug-likeness (QED) is 0.738. The molecule has 1 rings (SSSR count). The molecule has 0 saturated carbocycles. The Morgan fingerprint density at radius 2 is 1.85 bits per heavy atom. The molecule has 1 amide bonds. The standard InChI is InChI=1S/C15H31N3O2/c1-6-20-12-11-17-7-9-18(10-8-17)13(2)14(19)16-15(3,4)5/h13H,6-12H2,1-5H3,(H,16,19). The van der Waals surface area contributed by atoms with E-state index in [0.29, 0.717) is 0 Å². The maximum Gasteiger partial charge on any atom is 0.237 e. The van der Waals surface area contributed by atoms with E-state index in [2.05, 4.69) is 15.1 Å². The van der Waals surface area contributed by atoms with Gasteiger partial charge in [0.1, 0.15) is 0 Å². The highest BCUT2D eigenvalue weighted by atomic mass is 16.5. The van der Waals surface area contributed by atoms with Crippen LogP contribution in [0.15, 0.2) is 0 Å². The monoisotopic (exact) mass is 285 g/mol. The third-order valence-electron chi connectivity index (χ3n) is 3.59. The summed E-state index contributed by atoms with van der Waals surface area (Å²) in [5.74, 6) is 0.125. The molecule has 1 atom stereocenters. The number of carbonyl (C=O) groups is 1. The smallest absolute Gasteiger partial charge is 0.237 e. The molecule has 0 aromatic rings. The minimum Gasteiger partial charge on any atom is -0.380 e. The fraction of sp³-hybridized carbons (Fsp3) is 0.933. The van der Waals surface area contributed by atoms with Crippen LogP contribution in [-0.2, 0) is 9.53 Å². The van der Waals surface area contributed by atoms with Gasteiger partial charge in [-0.05, 0) is 34.6 Å². The third kappa shape index (κ3) is 6.20. The zero-order valence-electron chi connectivity index (χ0n) is 13.7. The highest BCUT2D eigenvalue weighted by Crippen LogP contribution is 2.08. The second-order valence-electron chi connectivity index (χ2n) is 6.49. The average Bonchev–Trinajstić information content (AvgIpc) is 2.37. The largest absolute Gasteiger partial charge is 0.380 e. The highest BCUT2D eigenvalue weighted by molar-refractivity contribution is 5.81. The molecule has 1 saturated heterocycles. The first-order valence-corrected chi connectivity index (χ1v) is 7.69. The van der Waals surface area contributed by atoms with Crippen molar-refractivity contribution in [1.29, 1.82) is 0 Å². The summed E-state index contributed by atoms with van der Waals surface area (Å²) in [6, 6.07) is -0.0525. The Bertz CT molecular complexity index is 294. The molecule has 0 spiro atoms. The number of hydrogen-bond acceptors (Lipinski definition) is 4. The molecular weight excluding hydrogens is 254 g/mol. The van der Waals surface area contributed by atoms with E-state index in [1.807, 2.05) is 34.6 Å². The number of rotatable bonds is 6. The summed E-state index contributed by atoms with van der Waals surface area (Å²) < 4.78 is 5.38. The van der Waals surface area contributed by atoms with Crippen LogP contribution in [0.2, 0.25) is 0 Å². The topological polar surface area (TPSA) is 44.8 Å². The fourth-order valence-electron chi connectivity index (χ4n) is 2.35. The van der Waals surface area contributed by atoms with E-state index in [4.69, 9.17) is 4.74 Å². The zero-order valence-corrected chi connectivity index (χ0v) is 13.7. The summed E-state index contributed by atoms with van der Waals surface area (Å²) in [7, 11) is 0. The summed E-state index contributed by atoms with van der Waals surface area (Å²) >= 11 is 0. The van der Waals surface area contributed by atoms with Crippen molar-refractivity contribution in [3.05, 3.63) is 0 Å². The molecule has 0 aromatic carbocycles. The van der Waals surface area contributed by atoms with Crippen molar-refractivity contribution in [3.63, 3.8) is 0 Å². The Balaban J connectivity index is 2.31. The molecule has 0 bridgehead atoms. The first kappa shape index (κ1) is 17.4. The Kier molecular flexibility index (Phi) is 6.92. The van der Waals surface area contributed by atoms with Gasteiger partial charge in [-0.15, -0.1) is 0 Å². The van der Waals surface area contributed by atoms with Crippen molar-refractivity contribution in [2.24, 2.45) is 0 Å². The Labute approximate surface area is 123 Å². The van der Waals surface area contributed by atoms with Crippen molar-refractivity contribution < 1.29 is 9.53 Å². The number of nitrogens with zero attached hydrogens (tertiary/aromatic N) is 2. The molecule has 1 fully saturated rings. The van der Waals surface area contributed by atoms with Gasteiger partial charge in [-0.3, -0.25) is 14.6 Å². The number of hydrogen-bond donors (Lipinski definition) is 1. The van der Waals surface area contributed by atoms with E-state index in [-0.39, 0.29) is 17.5 Å². The van der Waals surface area contributed by atoms with E-state index >= 15 is 0 Å². The van der Waals surface area contributed by atoms with E-state index in [1.54, 1.807) is 0 Å². The van der Waals surface area contributed by atoms with E-state index in [9.17, 15) is 4.79 Å². The fourth-order valence-corrected chi connectivity index (χ4v) is 2.35. The normalized spacial score (nSPS) is 19.9. The molecule has 118 valence electrons. The van der Waals surface area contributed by atoms with Gasteiger partial charge in [-0.25, -0.2) is 0 Å². The summed E-state index contributed by atoms with van der Waals surface area (Å²) in [5.41, 5.74) is -0.162. The van der Waals surface area contributed by atoms with Crippen LogP contribution in [0.5, 0.6) is 0 Å². The van der Waals surface area contributed by atoms with Gasteiger partial charge in [0.25, 0.3) is 0 Å². The predicted octanol–water partition coefficient (Wildman–Crippen LogP) is 0.944. The van der Waals surface area contributed by atoms with Crippen molar-refractivity contribution in [1.82, 2.24) is 15.1 Å². The van der Waals surface area contributed by atoms with Gasteiger partial charge in [0.15, 0.2) is 0 Å². The number of amides is 1. The molecule has 1 N–H and O–H groups in total. The lowest BCUT2D eigenvalue weighted by molar-refractivity contribution is -0.128.